The number of nitrogens with one attached hydrogen (secondary N) is 3. The Morgan fingerprint density at radius 3 is 1.48 bits per heavy atom. The van der Waals surface area contributed by atoms with E-state index < -0.39 is 5.66 Å². The highest BCUT2D eigenvalue weighted by Crippen LogP contribution is 2.58. The number of allylic oxidation sites excluding steroid dienone is 16. The van der Waals surface area contributed by atoms with Crippen molar-refractivity contribution in [2.75, 3.05) is 87.0 Å². The summed E-state index contributed by atoms with van der Waals surface area (Å²) in [6, 6.07) is 20.4. The van der Waals surface area contributed by atoms with Crippen molar-refractivity contribution in [1.82, 2.24) is 4.58 Å². The third-order valence-electron chi connectivity index (χ3n) is 37.4. The van der Waals surface area contributed by atoms with E-state index >= 15 is 0 Å². The Morgan fingerprint density at radius 2 is 0.946 bits per heavy atom. The van der Waals surface area contributed by atoms with Crippen LogP contribution in [0.15, 0.2) is 150 Å². The molecule has 11 aliphatic rings. The first-order valence-electron chi connectivity index (χ1n) is 52.5. The molecule has 772 valence electrons. The summed E-state index contributed by atoms with van der Waals surface area (Å²) in [5.41, 5.74) is 47.7. The number of aliphatic hydroxyl groups is 1. The molecule has 4 N–H and O–H groups in total. The van der Waals surface area contributed by atoms with Crippen LogP contribution in [0.3, 0.4) is 0 Å². The molecule has 18 nitrogen and oxygen atoms in total. The van der Waals surface area contributed by atoms with E-state index in [9.17, 15) is 39.6 Å². The smallest absolute Gasteiger partial charge is 0.213 e. The summed E-state index contributed by atoms with van der Waals surface area (Å²) in [7, 11) is 16.6. The molecule has 0 radical (unpaired) electrons. The van der Waals surface area contributed by atoms with E-state index in [1.54, 1.807) is 0 Å². The Morgan fingerprint density at radius 1 is 0.453 bits per heavy atom. The van der Waals surface area contributed by atoms with E-state index in [0.717, 1.165) is 177 Å². The number of likely N-dealkylation sites (N-methyl/N-ethyl adjacent to an activating group) is 3. The average molecular weight is 1980 g/mol. The van der Waals surface area contributed by atoms with Crippen LogP contribution in [0.1, 0.15) is 278 Å². The third kappa shape index (κ3) is 14.6. The van der Waals surface area contributed by atoms with Crippen LogP contribution in [0.25, 0.3) is 49.4 Å². The first-order valence-corrected chi connectivity index (χ1v) is 52.5. The minimum atomic E-state index is -0.412. The van der Waals surface area contributed by atoms with Gasteiger partial charge >= 0.3 is 0 Å². The van der Waals surface area contributed by atoms with Gasteiger partial charge in [-0.2, -0.15) is 4.58 Å². The topological polar surface area (TPSA) is 225 Å². The maximum absolute atomic E-state index is 14.1. The third-order valence-corrected chi connectivity index (χ3v) is 37.4. The van der Waals surface area contributed by atoms with E-state index in [0.29, 0.717) is 56.7 Å². The van der Waals surface area contributed by atoms with Crippen molar-refractivity contribution in [3.8, 4) is 0 Å². The van der Waals surface area contributed by atoms with E-state index in [1.165, 1.54) is 100 Å². The van der Waals surface area contributed by atoms with Gasteiger partial charge in [0.15, 0.2) is 29.1 Å². The number of nitrogens with zero attached hydrogens (tertiary/aromatic N) is 7. The van der Waals surface area contributed by atoms with Crippen molar-refractivity contribution in [2.45, 2.75) is 308 Å². The highest BCUT2D eigenvalue weighted by molar-refractivity contribution is 6.53. The van der Waals surface area contributed by atoms with E-state index in [-0.39, 0.29) is 73.5 Å². The van der Waals surface area contributed by atoms with Crippen LogP contribution in [-0.2, 0) is 40.8 Å². The van der Waals surface area contributed by atoms with Gasteiger partial charge in [0, 0.05) is 168 Å². The number of rotatable bonds is 6. The Hall–Kier alpha value is -13.5. The molecule has 6 heterocycles. The van der Waals surface area contributed by atoms with Gasteiger partial charge in [-0.3, -0.25) is 24.2 Å². The zero-order valence-electron chi connectivity index (χ0n) is 96.9. The Bertz CT molecular complexity index is 8410. The molecule has 0 spiro atoms. The van der Waals surface area contributed by atoms with Gasteiger partial charge in [0.25, 0.3) is 0 Å². The molecule has 0 amide bonds. The van der Waals surface area contributed by atoms with E-state index in [1.807, 2.05) is 144 Å². The van der Waals surface area contributed by atoms with Gasteiger partial charge in [0.1, 0.15) is 45.3 Å². The summed E-state index contributed by atoms with van der Waals surface area (Å²) in [4.78, 5) is 66.8. The largest absolute Gasteiger partial charge is 0.871 e. The van der Waals surface area contributed by atoms with Crippen LogP contribution in [0.4, 0.5) is 39.8 Å². The molecule has 0 saturated carbocycles. The van der Waals surface area contributed by atoms with Crippen molar-refractivity contribution < 1.29 is 48.8 Å². The Balaban J connectivity index is 0.000000135. The van der Waals surface area contributed by atoms with Gasteiger partial charge in [-0.15, -0.1) is 0 Å². The first-order chi connectivity index (χ1) is 68.5. The fraction of sp³-hybridized carbons (Fsp3) is 0.415. The zero-order chi connectivity index (χ0) is 110. The molecular weight excluding hydrogens is 1830 g/mol. The summed E-state index contributed by atoms with van der Waals surface area (Å²) in [6.45, 7) is 81.2. The highest BCUT2D eigenvalue weighted by Gasteiger charge is 2.54. The van der Waals surface area contributed by atoms with Crippen molar-refractivity contribution in [3.63, 3.8) is 0 Å². The minimum Gasteiger partial charge on any atom is -0.871 e. The molecule has 0 bridgehead atoms. The fourth-order valence-corrected chi connectivity index (χ4v) is 28.5. The van der Waals surface area contributed by atoms with Gasteiger partial charge in [0.05, 0.1) is 27.3 Å². The summed E-state index contributed by atoms with van der Waals surface area (Å²) < 4.78 is 6.70. The molecule has 0 fully saturated rings. The monoisotopic (exact) mass is 1980 g/mol. The van der Waals surface area contributed by atoms with Crippen LogP contribution >= 0.6 is 0 Å². The molecule has 18 heteroatoms. The van der Waals surface area contributed by atoms with Gasteiger partial charge < -0.3 is 51.1 Å². The Kier molecular flexibility index (Phi) is 25.1. The van der Waals surface area contributed by atoms with Crippen LogP contribution in [0.2, 0.25) is 0 Å². The number of benzene rings is 9. The molecular formula is C130H154N10O8. The quantitative estimate of drug-likeness (QED) is 0.0898. The zero-order valence-corrected chi connectivity index (χ0v) is 96.9. The lowest BCUT2D eigenvalue weighted by atomic mass is 9.71. The van der Waals surface area contributed by atoms with Crippen molar-refractivity contribution in [3.05, 3.63) is 305 Å². The molecule has 9 aromatic carbocycles. The van der Waals surface area contributed by atoms with Crippen LogP contribution < -0.4 is 71.7 Å². The molecule has 148 heavy (non-hydrogen) atoms. The lowest BCUT2D eigenvalue weighted by molar-refractivity contribution is -0.463. The molecule has 5 aliphatic carbocycles. The fourth-order valence-electron chi connectivity index (χ4n) is 28.5. The maximum Gasteiger partial charge on any atom is 0.213 e. The number of carbonyl (C=O) groups excluding carboxylic acids is 4. The van der Waals surface area contributed by atoms with Gasteiger partial charge in [-0.05, 0) is 420 Å². The van der Waals surface area contributed by atoms with E-state index in [2.05, 4.69) is 280 Å². The molecule has 20 rings (SSSR count). The second-order valence-corrected chi connectivity index (χ2v) is 48.0. The van der Waals surface area contributed by atoms with Gasteiger partial charge in [-0.1, -0.05) is 81.4 Å². The maximum atomic E-state index is 14.1. The number of carbonyl (C=O) groups is 4. The lowest BCUT2D eigenvalue weighted by Crippen LogP contribution is -2.42. The number of hydrogen-bond acceptors (Lipinski definition) is 15. The molecule has 2 unspecified atom stereocenters. The molecule has 2 atom stereocenters. The first kappa shape index (κ1) is 106. The summed E-state index contributed by atoms with van der Waals surface area (Å²) >= 11 is 0. The van der Waals surface area contributed by atoms with Crippen molar-refractivity contribution >= 4 is 124 Å². The SMILES string of the molecule is C/C(C1=[N+](C)c2c(C)c(C)c(C)c(C)c2C1(C)C)=C1/C(=O)C(C(/C)=C2/N(C)c3c(C)c(C)c(C)c(C)c3C2(C)C)=C1[O-].CC1(C)N=c2cc/c(=C3/C(=O)C(c4ccc5c6c(cccc46)NC(C)(C)N5)=C3O)c3cccc(c23)N1.CC1=C(C)C(=[N+](C)C)C(C)=C(C)C1=C1C(=O)C(c2c(C)c(C)c(N(C)C)c(C)c2C)=C1[O-].Cc1c(C)c2c(c(C)c1C1=C([O-])/C(=c3\c(C)c(C)c4c(c3C)C(C)(C)C(C)[N+]=4C)C1=O)C(C)(C)C(C)N2C. The number of ketones is 4. The Labute approximate surface area is 877 Å². The number of aliphatic hydroxyl groups excluding tert-OH is 1. The van der Waals surface area contributed by atoms with Crippen molar-refractivity contribution in [1.29, 1.82) is 0 Å². The molecule has 6 aliphatic heterocycles. The predicted molar refractivity (Wildman–Crippen MR) is 608 cm³/mol. The summed E-state index contributed by atoms with van der Waals surface area (Å²) in [5.74, 6) is -0.804. The molecule has 0 saturated heterocycles. The highest BCUT2D eigenvalue weighted by atomic mass is 16.3. The van der Waals surface area contributed by atoms with Crippen LogP contribution in [-0.4, -0.2) is 129 Å². The number of fused-ring (bicyclic) bond motifs is 4. The summed E-state index contributed by atoms with van der Waals surface area (Å²) in [6.07, 6.45) is 0. The molecule has 0 aromatic heterocycles. The second kappa shape index (κ2) is 35.1. The lowest BCUT2D eigenvalue weighted by Gasteiger charge is -2.37. The minimum absolute atomic E-state index is 0.0412. The molecule has 9 aromatic rings. The van der Waals surface area contributed by atoms with Gasteiger partial charge in [0.2, 0.25) is 22.5 Å². The summed E-state index contributed by atoms with van der Waals surface area (Å²) in [5, 5.41) is 71.0. The van der Waals surface area contributed by atoms with E-state index in [4.69, 9.17) is 4.99 Å². The second-order valence-electron chi connectivity index (χ2n) is 48.0. The average Bonchev–Trinajstić information content (AvgIpc) is 1.55. The predicted octanol–water partition coefficient (Wildman–Crippen LogP) is 20.7. The normalized spacial score (nSPS) is 21.0. The van der Waals surface area contributed by atoms with Gasteiger partial charge in [-0.25, -0.2) is 9.15 Å². The van der Waals surface area contributed by atoms with Crippen LogP contribution in [0.5, 0.6) is 0 Å². The van der Waals surface area contributed by atoms with Crippen molar-refractivity contribution in [2.24, 2.45) is 4.99 Å². The number of anilines is 6. The number of hydrogen-bond donors (Lipinski definition) is 4. The van der Waals surface area contributed by atoms with Crippen LogP contribution in [0, 0.1) is 125 Å². The standard InChI is InChI=1S/C38H48N2O2.C34H44N2O2.C30H26N4O2.C28H36N2O2/c1-17-19(3)23(7)31-29(21(17)5)37(11,12)35(39(31)15)25(9)27-33(41)28(34(27)42)26(10)36-38(13,14)30-22(6)18(2)20(4)24(8)32(30)40(36)16;1-15-17(3)29-27(33(9,10)21(7)35(29)13)19(5)23(15)25-31(37)26(32(25)38)24-16(2)18(4)30-28(20(24)6)34(11,12)22(8)36(30)14;1-29(2)31-19-9-5-7-15-17(11-13-21(33-29)23(15)19)25-27(35)26(28(25)36)18-12-14-22-24-16(18)8-6-10-20(24)32-30(3,4)34-22;1-13-17(5)25(29(9)10)18(6)14(2)21(13)23-27(31)24(28(23)32)22-15(3)19(7)26(30(11)12)20(8)16(22)4/h1-16H3;21-22H,1-14H3;5-14,31-33,35H,1-4H3;1-12H3/b;;26-18-;. The number of Topliss-reactive ketones (excluding diaryl/α,β-unsaturated/α-hetero) is 4.